The van der Waals surface area contributed by atoms with Crippen LogP contribution in [0.3, 0.4) is 0 Å². The normalized spacial score (nSPS) is 11.1. The van der Waals surface area contributed by atoms with E-state index < -0.39 is 0 Å². The fourth-order valence-electron chi connectivity index (χ4n) is 0.878. The predicted molar refractivity (Wildman–Crippen MR) is 54.4 cm³/mol. The highest BCUT2D eigenvalue weighted by molar-refractivity contribution is 4.39. The van der Waals surface area contributed by atoms with Gasteiger partial charge in [-0.2, -0.15) is 0 Å². The summed E-state index contributed by atoms with van der Waals surface area (Å²) in [6.45, 7) is 4.64. The third kappa shape index (κ3) is 8.44. The smallest absolute Gasteiger partial charge is 0.180 e. The molecule has 0 aliphatic carbocycles. The van der Waals surface area contributed by atoms with Crippen LogP contribution >= 0.6 is 0 Å². The van der Waals surface area contributed by atoms with Crippen LogP contribution < -0.4 is 0 Å². The Bertz CT molecular complexity index is 104. The van der Waals surface area contributed by atoms with Crippen molar-refractivity contribution in [2.24, 2.45) is 0 Å². The molecule has 0 aromatic carbocycles. The van der Waals surface area contributed by atoms with E-state index in [4.69, 9.17) is 18.9 Å². The molecule has 0 rings (SSSR count). The molecule has 86 valence electrons. The monoisotopic (exact) mass is 206 g/mol. The van der Waals surface area contributed by atoms with Gasteiger partial charge in [0.05, 0.1) is 19.8 Å². The molecule has 0 heterocycles. The summed E-state index contributed by atoms with van der Waals surface area (Å²) in [6.07, 6.45) is 2.00. The van der Waals surface area contributed by atoms with Crippen molar-refractivity contribution in [2.45, 2.75) is 26.1 Å². The Morgan fingerprint density at radius 2 is 1.57 bits per heavy atom. The van der Waals surface area contributed by atoms with E-state index in [-0.39, 0.29) is 6.29 Å². The van der Waals surface area contributed by atoms with Crippen molar-refractivity contribution < 1.29 is 18.9 Å². The number of ether oxygens (including phenoxy) is 4. The third-order valence-corrected chi connectivity index (χ3v) is 1.79. The number of methoxy groups -OCH3 is 2. The second-order valence-corrected chi connectivity index (χ2v) is 2.94. The number of hydrogen-bond donors (Lipinski definition) is 0. The van der Waals surface area contributed by atoms with Gasteiger partial charge in [-0.3, -0.25) is 0 Å². The number of hydrogen-bond acceptors (Lipinski definition) is 4. The highest BCUT2D eigenvalue weighted by Gasteiger charge is 2.03. The van der Waals surface area contributed by atoms with E-state index >= 15 is 0 Å². The number of unbranched alkanes of at least 4 members (excludes halogenated alkanes) is 1. The fraction of sp³-hybridized carbons (Fsp3) is 1.00. The van der Waals surface area contributed by atoms with E-state index in [0.29, 0.717) is 19.8 Å². The van der Waals surface area contributed by atoms with Gasteiger partial charge in [0, 0.05) is 20.8 Å². The molecule has 0 atom stereocenters. The molecule has 14 heavy (non-hydrogen) atoms. The molecule has 4 nitrogen and oxygen atoms in total. The molecule has 0 spiro atoms. The zero-order chi connectivity index (χ0) is 10.6. The molecule has 0 radical (unpaired) electrons. The molecule has 0 saturated heterocycles. The maximum Gasteiger partial charge on any atom is 0.180 e. The van der Waals surface area contributed by atoms with Gasteiger partial charge in [0.1, 0.15) is 0 Å². The van der Waals surface area contributed by atoms with Gasteiger partial charge in [-0.1, -0.05) is 13.3 Å². The van der Waals surface area contributed by atoms with Crippen LogP contribution in [0.25, 0.3) is 0 Å². The average Bonchev–Trinajstić information content (AvgIpc) is 2.22. The second kappa shape index (κ2) is 10.9. The van der Waals surface area contributed by atoms with Crippen LogP contribution in [0, 0.1) is 0 Å². The van der Waals surface area contributed by atoms with Gasteiger partial charge < -0.3 is 18.9 Å². The standard InChI is InChI=1S/C10H22O4/c1-4-5-6-13-7-8-14-9-10(11-2)12-3/h10H,4-9H2,1-3H3. The lowest BCUT2D eigenvalue weighted by atomic mass is 10.4. The molecule has 0 unspecified atom stereocenters. The molecular formula is C10H22O4. The zero-order valence-corrected chi connectivity index (χ0v) is 9.45. The summed E-state index contributed by atoms with van der Waals surface area (Å²) in [5.41, 5.74) is 0. The predicted octanol–water partition coefficient (Wildman–Crippen LogP) is 1.44. The fourth-order valence-corrected chi connectivity index (χ4v) is 0.878. The molecule has 0 aliphatic heterocycles. The summed E-state index contributed by atoms with van der Waals surface area (Å²) in [7, 11) is 3.19. The second-order valence-electron chi connectivity index (χ2n) is 2.94. The molecule has 0 aromatic heterocycles. The molecule has 0 aliphatic rings. The van der Waals surface area contributed by atoms with Crippen LogP contribution in [0.2, 0.25) is 0 Å². The summed E-state index contributed by atoms with van der Waals surface area (Å²) in [5, 5.41) is 0. The SMILES string of the molecule is CCCCOCCOCC(OC)OC. The van der Waals surface area contributed by atoms with Crippen molar-refractivity contribution in [1.29, 1.82) is 0 Å². The van der Waals surface area contributed by atoms with Gasteiger partial charge >= 0.3 is 0 Å². The van der Waals surface area contributed by atoms with Crippen LogP contribution in [0.5, 0.6) is 0 Å². The maximum atomic E-state index is 5.32. The van der Waals surface area contributed by atoms with Gasteiger partial charge in [0.2, 0.25) is 0 Å². The molecule has 0 fully saturated rings. The maximum absolute atomic E-state index is 5.32. The first kappa shape index (κ1) is 13.8. The minimum atomic E-state index is -0.273. The van der Waals surface area contributed by atoms with Gasteiger partial charge in [0.25, 0.3) is 0 Å². The topological polar surface area (TPSA) is 36.9 Å². The van der Waals surface area contributed by atoms with Crippen LogP contribution in [0.1, 0.15) is 19.8 Å². The summed E-state index contributed by atoms with van der Waals surface area (Å²) in [4.78, 5) is 0. The molecule has 0 N–H and O–H groups in total. The van der Waals surface area contributed by atoms with E-state index in [2.05, 4.69) is 6.92 Å². The Morgan fingerprint density at radius 3 is 2.14 bits per heavy atom. The molecule has 0 aromatic rings. The Kier molecular flexibility index (Phi) is 10.8. The summed E-state index contributed by atoms with van der Waals surface area (Å²) < 4.78 is 20.5. The zero-order valence-electron chi connectivity index (χ0n) is 9.45. The van der Waals surface area contributed by atoms with Crippen LogP contribution in [-0.4, -0.2) is 46.9 Å². The summed E-state index contributed by atoms with van der Waals surface area (Å²) >= 11 is 0. The summed E-state index contributed by atoms with van der Waals surface area (Å²) in [5.74, 6) is 0. The minimum Gasteiger partial charge on any atom is -0.379 e. The third-order valence-electron chi connectivity index (χ3n) is 1.79. The van der Waals surface area contributed by atoms with Crippen molar-refractivity contribution >= 4 is 0 Å². The Balaban J connectivity index is 3.04. The Morgan fingerprint density at radius 1 is 0.929 bits per heavy atom. The van der Waals surface area contributed by atoms with Crippen molar-refractivity contribution in [3.63, 3.8) is 0 Å². The van der Waals surface area contributed by atoms with E-state index in [1.165, 1.54) is 0 Å². The van der Waals surface area contributed by atoms with Gasteiger partial charge in [0.15, 0.2) is 6.29 Å². The van der Waals surface area contributed by atoms with Gasteiger partial charge in [-0.05, 0) is 6.42 Å². The highest BCUT2D eigenvalue weighted by atomic mass is 16.7. The van der Waals surface area contributed by atoms with Crippen molar-refractivity contribution in [3.05, 3.63) is 0 Å². The molecule has 0 bridgehead atoms. The highest BCUT2D eigenvalue weighted by Crippen LogP contribution is 1.92. The first-order valence-electron chi connectivity index (χ1n) is 5.06. The van der Waals surface area contributed by atoms with Crippen LogP contribution in [-0.2, 0) is 18.9 Å². The quantitative estimate of drug-likeness (QED) is 0.400. The molecule has 0 amide bonds. The first-order chi connectivity index (χ1) is 6.85. The minimum absolute atomic E-state index is 0.273. The van der Waals surface area contributed by atoms with Crippen molar-refractivity contribution in [1.82, 2.24) is 0 Å². The number of rotatable bonds is 10. The van der Waals surface area contributed by atoms with Crippen molar-refractivity contribution in [3.8, 4) is 0 Å². The lowest BCUT2D eigenvalue weighted by molar-refractivity contribution is -0.143. The van der Waals surface area contributed by atoms with Crippen molar-refractivity contribution in [2.75, 3.05) is 40.6 Å². The first-order valence-corrected chi connectivity index (χ1v) is 5.06. The van der Waals surface area contributed by atoms with E-state index in [0.717, 1.165) is 19.4 Å². The largest absolute Gasteiger partial charge is 0.379 e. The molecule has 0 saturated carbocycles. The summed E-state index contributed by atoms with van der Waals surface area (Å²) in [6, 6.07) is 0. The van der Waals surface area contributed by atoms with Gasteiger partial charge in [-0.25, -0.2) is 0 Å². The van der Waals surface area contributed by atoms with Gasteiger partial charge in [-0.15, -0.1) is 0 Å². The molecule has 4 heteroatoms. The van der Waals surface area contributed by atoms with E-state index in [1.54, 1.807) is 14.2 Å². The Hall–Kier alpha value is -0.160. The van der Waals surface area contributed by atoms with Crippen LogP contribution in [0.15, 0.2) is 0 Å². The van der Waals surface area contributed by atoms with E-state index in [9.17, 15) is 0 Å². The lowest BCUT2D eigenvalue weighted by Crippen LogP contribution is -2.21. The van der Waals surface area contributed by atoms with E-state index in [1.807, 2.05) is 0 Å². The van der Waals surface area contributed by atoms with Crippen LogP contribution in [0.4, 0.5) is 0 Å². The lowest BCUT2D eigenvalue weighted by Gasteiger charge is -2.13. The molecular weight excluding hydrogens is 184 g/mol. The Labute approximate surface area is 86.5 Å². The average molecular weight is 206 g/mol.